The van der Waals surface area contributed by atoms with Crippen LogP contribution >= 0.6 is 11.8 Å². The Labute approximate surface area is 232 Å². The lowest BCUT2D eigenvalue weighted by atomic mass is 9.89. The van der Waals surface area contributed by atoms with Crippen LogP contribution in [0.4, 0.5) is 0 Å². The van der Waals surface area contributed by atoms with Gasteiger partial charge in [0.2, 0.25) is 0 Å². The zero-order valence-corrected chi connectivity index (χ0v) is 24.0. The summed E-state index contributed by atoms with van der Waals surface area (Å²) in [7, 11) is 0. The Morgan fingerprint density at radius 3 is 2.58 bits per heavy atom. The Hall–Kier alpha value is -2.35. The first-order valence-electron chi connectivity index (χ1n) is 14.0. The van der Waals surface area contributed by atoms with Crippen molar-refractivity contribution in [2.45, 2.75) is 77.9 Å². The van der Waals surface area contributed by atoms with E-state index in [1.54, 1.807) is 17.8 Å². The number of hydrogen-bond donors (Lipinski definition) is 2. The molecule has 3 rings (SSSR count). The van der Waals surface area contributed by atoms with Gasteiger partial charge in [-0.1, -0.05) is 62.9 Å². The van der Waals surface area contributed by atoms with Gasteiger partial charge in [-0.2, -0.15) is 16.8 Å². The van der Waals surface area contributed by atoms with E-state index in [1.165, 1.54) is 32.1 Å². The van der Waals surface area contributed by atoms with Gasteiger partial charge in [-0.3, -0.25) is 9.63 Å². The molecule has 0 heterocycles. The smallest absolute Gasteiger partial charge is 0.326 e. The fourth-order valence-corrected chi connectivity index (χ4v) is 5.54. The van der Waals surface area contributed by atoms with Crippen molar-refractivity contribution in [2.24, 2.45) is 5.92 Å². The molecule has 0 aliphatic heterocycles. The highest BCUT2D eigenvalue weighted by Gasteiger charge is 2.23. The minimum absolute atomic E-state index is 0.369. The molecule has 38 heavy (non-hydrogen) atoms. The Kier molecular flexibility index (Phi) is 12.6. The van der Waals surface area contributed by atoms with E-state index >= 15 is 0 Å². The third kappa shape index (κ3) is 9.14. The van der Waals surface area contributed by atoms with Crippen molar-refractivity contribution in [1.82, 2.24) is 10.4 Å². The van der Waals surface area contributed by atoms with Crippen molar-refractivity contribution in [3.63, 3.8) is 0 Å². The molecule has 7 heteroatoms. The number of nitrogens with one attached hydrogen (secondary N) is 1. The summed E-state index contributed by atoms with van der Waals surface area (Å²) in [6.45, 7) is 6.55. The molecule has 1 unspecified atom stereocenters. The van der Waals surface area contributed by atoms with Gasteiger partial charge in [0.25, 0.3) is 5.91 Å². The summed E-state index contributed by atoms with van der Waals surface area (Å²) in [4.78, 5) is 31.4. The lowest BCUT2D eigenvalue weighted by molar-refractivity contribution is -0.178. The van der Waals surface area contributed by atoms with Crippen LogP contribution in [0.5, 0.6) is 0 Å². The van der Waals surface area contributed by atoms with E-state index < -0.39 is 12.0 Å². The molecule has 2 N–H and O–H groups in total. The van der Waals surface area contributed by atoms with E-state index in [1.807, 2.05) is 49.6 Å². The molecule has 6 nitrogen and oxygen atoms in total. The lowest BCUT2D eigenvalue weighted by Gasteiger charge is -2.29. The SMILES string of the molecule is CCCCN(CC1CCCCC1)OCc1ccc(C(=O)NC(CCSC)C(=O)O)c(-c2ccccc2C)c1. The lowest BCUT2D eigenvalue weighted by Crippen LogP contribution is -2.41. The number of thioether (sulfide) groups is 1. The molecule has 1 aliphatic carbocycles. The van der Waals surface area contributed by atoms with Crippen molar-refractivity contribution in [3.05, 3.63) is 59.2 Å². The van der Waals surface area contributed by atoms with Crippen LogP contribution in [0.1, 0.15) is 79.8 Å². The number of hydrogen-bond acceptors (Lipinski definition) is 5. The molecule has 0 radical (unpaired) electrons. The Morgan fingerprint density at radius 2 is 1.89 bits per heavy atom. The summed E-state index contributed by atoms with van der Waals surface area (Å²) in [6, 6.07) is 12.8. The molecule has 1 amide bonds. The summed E-state index contributed by atoms with van der Waals surface area (Å²) < 4.78 is 0. The first kappa shape index (κ1) is 30.2. The minimum Gasteiger partial charge on any atom is -0.480 e. The fourth-order valence-electron chi connectivity index (χ4n) is 5.07. The number of amides is 1. The second-order valence-electron chi connectivity index (χ2n) is 10.4. The molecule has 0 bridgehead atoms. The highest BCUT2D eigenvalue weighted by atomic mass is 32.2. The predicted molar refractivity (Wildman–Crippen MR) is 156 cm³/mol. The molecule has 1 aliphatic rings. The Balaban J connectivity index is 1.82. The summed E-state index contributed by atoms with van der Waals surface area (Å²) in [6.07, 6.45) is 11.1. The maximum atomic E-state index is 13.3. The molecule has 2 aromatic rings. The maximum absolute atomic E-state index is 13.3. The van der Waals surface area contributed by atoms with Gasteiger partial charge >= 0.3 is 5.97 Å². The number of carboxylic acid groups (broad SMARTS) is 1. The van der Waals surface area contributed by atoms with Gasteiger partial charge in [-0.15, -0.1) is 0 Å². The van der Waals surface area contributed by atoms with Crippen LogP contribution < -0.4 is 5.32 Å². The van der Waals surface area contributed by atoms with Gasteiger partial charge < -0.3 is 10.4 Å². The maximum Gasteiger partial charge on any atom is 0.326 e. The summed E-state index contributed by atoms with van der Waals surface area (Å²) in [5.41, 5.74) is 4.27. The number of carboxylic acids is 1. The predicted octanol–water partition coefficient (Wildman–Crippen LogP) is 6.71. The van der Waals surface area contributed by atoms with Crippen molar-refractivity contribution in [1.29, 1.82) is 0 Å². The highest BCUT2D eigenvalue weighted by Crippen LogP contribution is 2.29. The number of aliphatic carboxylic acids is 1. The number of unbranched alkanes of at least 4 members (excludes halogenated alkanes) is 1. The number of aryl methyl sites for hydroxylation is 1. The summed E-state index contributed by atoms with van der Waals surface area (Å²) in [5.74, 6) is -0.0262. The normalized spacial score (nSPS) is 14.9. The van der Waals surface area contributed by atoms with E-state index in [4.69, 9.17) is 4.84 Å². The zero-order valence-electron chi connectivity index (χ0n) is 23.2. The second kappa shape index (κ2) is 15.9. The number of rotatable bonds is 15. The van der Waals surface area contributed by atoms with Crippen LogP contribution in [0.25, 0.3) is 11.1 Å². The minimum atomic E-state index is -1.01. The number of hydroxylamine groups is 2. The van der Waals surface area contributed by atoms with Crippen molar-refractivity contribution >= 4 is 23.6 Å². The molecule has 2 aromatic carbocycles. The first-order chi connectivity index (χ1) is 18.4. The molecular formula is C31H44N2O4S. The van der Waals surface area contributed by atoms with E-state index in [-0.39, 0.29) is 5.91 Å². The fraction of sp³-hybridized carbons (Fsp3) is 0.548. The number of benzene rings is 2. The molecule has 1 saturated carbocycles. The Morgan fingerprint density at radius 1 is 1.13 bits per heavy atom. The molecule has 1 fully saturated rings. The first-order valence-corrected chi connectivity index (χ1v) is 15.4. The van der Waals surface area contributed by atoms with Gasteiger partial charge in [-0.25, -0.2) is 4.79 Å². The van der Waals surface area contributed by atoms with Gasteiger partial charge in [0, 0.05) is 18.7 Å². The monoisotopic (exact) mass is 540 g/mol. The van der Waals surface area contributed by atoms with Gasteiger partial charge in [0.05, 0.1) is 6.61 Å². The van der Waals surface area contributed by atoms with E-state index in [0.29, 0.717) is 30.3 Å². The van der Waals surface area contributed by atoms with E-state index in [0.717, 1.165) is 48.2 Å². The van der Waals surface area contributed by atoms with Crippen LogP contribution in [-0.2, 0) is 16.2 Å². The van der Waals surface area contributed by atoms with Crippen molar-refractivity contribution < 1.29 is 19.5 Å². The van der Waals surface area contributed by atoms with E-state index in [9.17, 15) is 14.7 Å². The van der Waals surface area contributed by atoms with Crippen molar-refractivity contribution in [2.75, 3.05) is 25.1 Å². The Bertz CT molecular complexity index is 1040. The third-order valence-electron chi connectivity index (χ3n) is 7.34. The highest BCUT2D eigenvalue weighted by molar-refractivity contribution is 7.98. The third-order valence-corrected chi connectivity index (χ3v) is 7.98. The molecule has 0 spiro atoms. The van der Waals surface area contributed by atoms with Crippen molar-refractivity contribution in [3.8, 4) is 11.1 Å². The average Bonchev–Trinajstić information content (AvgIpc) is 2.93. The molecule has 208 valence electrons. The summed E-state index contributed by atoms with van der Waals surface area (Å²) in [5, 5.41) is 14.5. The van der Waals surface area contributed by atoms with E-state index in [2.05, 4.69) is 17.3 Å². The van der Waals surface area contributed by atoms with Crippen LogP contribution in [-0.4, -0.2) is 53.2 Å². The molecule has 0 aromatic heterocycles. The average molecular weight is 541 g/mol. The molecule has 1 atom stereocenters. The van der Waals surface area contributed by atoms with Crippen LogP contribution in [0, 0.1) is 12.8 Å². The topological polar surface area (TPSA) is 78.9 Å². The second-order valence-corrected chi connectivity index (χ2v) is 11.3. The largest absolute Gasteiger partial charge is 0.480 e. The van der Waals surface area contributed by atoms with Gasteiger partial charge in [0.1, 0.15) is 6.04 Å². The number of carbonyl (C=O) groups is 2. The standard InChI is InChI=1S/C31H44N2O4S/c1-4-5-18-33(21-24-12-7-6-8-13-24)37-22-25-15-16-27(28(20-25)26-14-10-9-11-23(26)2)30(34)32-29(31(35)36)17-19-38-3/h9-11,14-16,20,24,29H,4-8,12-13,17-19,21-22H2,1-3H3,(H,32,34)(H,35,36). The molecular weight excluding hydrogens is 496 g/mol. The van der Waals surface area contributed by atoms with Gasteiger partial charge in [0.15, 0.2) is 0 Å². The number of carbonyl (C=O) groups excluding carboxylic acids is 1. The van der Waals surface area contributed by atoms with Crippen LogP contribution in [0.15, 0.2) is 42.5 Å². The zero-order chi connectivity index (χ0) is 27.3. The van der Waals surface area contributed by atoms with Crippen LogP contribution in [0.2, 0.25) is 0 Å². The molecule has 0 saturated heterocycles. The number of nitrogens with zero attached hydrogens (tertiary/aromatic N) is 1. The summed E-state index contributed by atoms with van der Waals surface area (Å²) >= 11 is 1.56. The van der Waals surface area contributed by atoms with Crippen LogP contribution in [0.3, 0.4) is 0 Å². The quantitative estimate of drug-likeness (QED) is 0.244. The van der Waals surface area contributed by atoms with Gasteiger partial charge in [-0.05, 0) is 84.9 Å².